The Balaban J connectivity index is 2.40. The number of nitrogens with zero attached hydrogens (tertiary/aromatic N) is 2. The van der Waals surface area contributed by atoms with E-state index in [1.165, 1.54) is 11.3 Å². The van der Waals surface area contributed by atoms with E-state index in [1.807, 2.05) is 6.07 Å². The lowest BCUT2D eigenvalue weighted by atomic mass is 10.1. The Morgan fingerprint density at radius 1 is 1.30 bits per heavy atom. The molecule has 0 saturated heterocycles. The van der Waals surface area contributed by atoms with Gasteiger partial charge in [0.2, 0.25) is 0 Å². The van der Waals surface area contributed by atoms with Crippen LogP contribution in [0.1, 0.15) is 28.0 Å². The fourth-order valence-corrected chi connectivity index (χ4v) is 2.62. The standard InChI is InChI=1S/C16H22N2O2/c1-11-12(2)18(9-5-8-17(3)4)15-7-6-13(16(19)20)10-14(11)15/h6-7,10H,5,8-9H2,1-4H3,(H,19,20). The summed E-state index contributed by atoms with van der Waals surface area (Å²) < 4.78 is 2.29. The van der Waals surface area contributed by atoms with Gasteiger partial charge < -0.3 is 14.6 Å². The molecule has 0 bridgehead atoms. The number of carboxylic acid groups (broad SMARTS) is 1. The maximum absolute atomic E-state index is 11.1. The van der Waals surface area contributed by atoms with Gasteiger partial charge in [-0.05, 0) is 64.7 Å². The Morgan fingerprint density at radius 2 is 2.00 bits per heavy atom. The number of hydrogen-bond donors (Lipinski definition) is 1. The van der Waals surface area contributed by atoms with Gasteiger partial charge in [-0.2, -0.15) is 0 Å². The SMILES string of the molecule is Cc1c(C)n(CCCN(C)C)c2ccc(C(=O)O)cc12. The predicted molar refractivity (Wildman–Crippen MR) is 81.5 cm³/mol. The minimum atomic E-state index is -0.871. The normalized spacial score (nSPS) is 11.4. The molecule has 2 aromatic rings. The topological polar surface area (TPSA) is 45.5 Å². The molecule has 0 saturated carbocycles. The van der Waals surface area contributed by atoms with Gasteiger partial charge in [0.15, 0.2) is 0 Å². The second kappa shape index (κ2) is 5.67. The molecule has 20 heavy (non-hydrogen) atoms. The summed E-state index contributed by atoms with van der Waals surface area (Å²) in [5.74, 6) is -0.871. The highest BCUT2D eigenvalue weighted by Crippen LogP contribution is 2.26. The van der Waals surface area contributed by atoms with Crippen LogP contribution in [-0.4, -0.2) is 41.2 Å². The van der Waals surface area contributed by atoms with Gasteiger partial charge in [0, 0.05) is 23.1 Å². The molecule has 108 valence electrons. The maximum Gasteiger partial charge on any atom is 0.335 e. The Hall–Kier alpha value is -1.81. The summed E-state index contributed by atoms with van der Waals surface area (Å²) in [5, 5.41) is 10.1. The van der Waals surface area contributed by atoms with Crippen molar-refractivity contribution in [2.45, 2.75) is 26.8 Å². The van der Waals surface area contributed by atoms with Crippen molar-refractivity contribution in [3.63, 3.8) is 0 Å². The van der Waals surface area contributed by atoms with Crippen LogP contribution in [0.4, 0.5) is 0 Å². The molecule has 0 spiro atoms. The number of carboxylic acids is 1. The lowest BCUT2D eigenvalue weighted by Crippen LogP contribution is -2.15. The van der Waals surface area contributed by atoms with Crippen LogP contribution in [0, 0.1) is 13.8 Å². The second-order valence-corrected chi connectivity index (χ2v) is 5.56. The molecule has 0 aliphatic rings. The van der Waals surface area contributed by atoms with Crippen molar-refractivity contribution in [3.8, 4) is 0 Å². The van der Waals surface area contributed by atoms with Gasteiger partial charge in [0.25, 0.3) is 0 Å². The first-order valence-electron chi connectivity index (χ1n) is 6.89. The number of aromatic nitrogens is 1. The van der Waals surface area contributed by atoms with Crippen molar-refractivity contribution >= 4 is 16.9 Å². The highest BCUT2D eigenvalue weighted by molar-refractivity contribution is 5.95. The van der Waals surface area contributed by atoms with Crippen molar-refractivity contribution in [1.29, 1.82) is 0 Å². The third-order valence-electron chi connectivity index (χ3n) is 3.87. The molecule has 1 aromatic heterocycles. The number of rotatable bonds is 5. The van der Waals surface area contributed by atoms with E-state index in [0.717, 1.165) is 30.4 Å². The van der Waals surface area contributed by atoms with Gasteiger partial charge in [-0.25, -0.2) is 4.79 Å². The van der Waals surface area contributed by atoms with E-state index in [9.17, 15) is 4.79 Å². The van der Waals surface area contributed by atoms with Crippen molar-refractivity contribution < 1.29 is 9.90 Å². The van der Waals surface area contributed by atoms with E-state index in [4.69, 9.17) is 5.11 Å². The van der Waals surface area contributed by atoms with Gasteiger partial charge in [-0.15, -0.1) is 0 Å². The van der Waals surface area contributed by atoms with Crippen LogP contribution in [0.15, 0.2) is 18.2 Å². The molecular weight excluding hydrogens is 252 g/mol. The molecule has 0 fully saturated rings. The Bertz CT molecular complexity index is 641. The molecule has 1 heterocycles. The third kappa shape index (κ3) is 2.70. The molecule has 1 N–H and O–H groups in total. The Kier molecular flexibility index (Phi) is 4.14. The largest absolute Gasteiger partial charge is 0.478 e. The van der Waals surface area contributed by atoms with Crippen LogP contribution < -0.4 is 0 Å². The molecule has 4 nitrogen and oxygen atoms in total. The number of fused-ring (bicyclic) bond motifs is 1. The van der Waals surface area contributed by atoms with E-state index in [1.54, 1.807) is 12.1 Å². The zero-order chi connectivity index (χ0) is 14.9. The fourth-order valence-electron chi connectivity index (χ4n) is 2.62. The second-order valence-electron chi connectivity index (χ2n) is 5.56. The number of benzene rings is 1. The highest BCUT2D eigenvalue weighted by Gasteiger charge is 2.13. The van der Waals surface area contributed by atoms with E-state index in [2.05, 4.69) is 37.4 Å². The first-order valence-corrected chi connectivity index (χ1v) is 6.89. The summed E-state index contributed by atoms with van der Waals surface area (Å²) in [5.41, 5.74) is 3.88. The molecule has 0 aliphatic heterocycles. The zero-order valence-electron chi connectivity index (χ0n) is 12.6. The van der Waals surface area contributed by atoms with Crippen LogP contribution in [0.25, 0.3) is 10.9 Å². The lowest BCUT2D eigenvalue weighted by Gasteiger charge is -2.12. The van der Waals surface area contributed by atoms with Crippen LogP contribution in [0.5, 0.6) is 0 Å². The molecule has 0 atom stereocenters. The van der Waals surface area contributed by atoms with Gasteiger partial charge in [0.1, 0.15) is 0 Å². The molecule has 4 heteroatoms. The Morgan fingerprint density at radius 3 is 2.60 bits per heavy atom. The van der Waals surface area contributed by atoms with Crippen LogP contribution in [0.3, 0.4) is 0 Å². The van der Waals surface area contributed by atoms with Crippen LogP contribution >= 0.6 is 0 Å². The number of carbonyl (C=O) groups is 1. The fraction of sp³-hybridized carbons (Fsp3) is 0.438. The summed E-state index contributed by atoms with van der Waals surface area (Å²) in [6.07, 6.45) is 1.08. The average Bonchev–Trinajstić information content (AvgIpc) is 2.63. The monoisotopic (exact) mass is 274 g/mol. The summed E-state index contributed by atoms with van der Waals surface area (Å²) in [4.78, 5) is 13.3. The smallest absolute Gasteiger partial charge is 0.335 e. The maximum atomic E-state index is 11.1. The zero-order valence-corrected chi connectivity index (χ0v) is 12.6. The lowest BCUT2D eigenvalue weighted by molar-refractivity contribution is 0.0697. The summed E-state index contributed by atoms with van der Waals surface area (Å²) in [6, 6.07) is 5.39. The first kappa shape index (κ1) is 14.6. The first-order chi connectivity index (χ1) is 9.41. The number of hydrogen-bond acceptors (Lipinski definition) is 2. The molecule has 0 radical (unpaired) electrons. The minimum Gasteiger partial charge on any atom is -0.478 e. The predicted octanol–water partition coefficient (Wildman–Crippen LogP) is 2.91. The van der Waals surface area contributed by atoms with Gasteiger partial charge in [-0.3, -0.25) is 0 Å². The molecule has 0 unspecified atom stereocenters. The highest BCUT2D eigenvalue weighted by atomic mass is 16.4. The quantitative estimate of drug-likeness (QED) is 0.912. The van der Waals surface area contributed by atoms with Crippen LogP contribution in [0.2, 0.25) is 0 Å². The summed E-state index contributed by atoms with van der Waals surface area (Å²) in [6.45, 7) is 6.17. The van der Waals surface area contributed by atoms with Crippen LogP contribution in [-0.2, 0) is 6.54 Å². The molecule has 1 aromatic carbocycles. The number of aryl methyl sites for hydroxylation is 2. The molecule has 0 amide bonds. The molecule has 0 aliphatic carbocycles. The average molecular weight is 274 g/mol. The van der Waals surface area contributed by atoms with Crippen molar-refractivity contribution in [1.82, 2.24) is 9.47 Å². The van der Waals surface area contributed by atoms with Crippen molar-refractivity contribution in [3.05, 3.63) is 35.0 Å². The van der Waals surface area contributed by atoms with E-state index in [-0.39, 0.29) is 0 Å². The summed E-state index contributed by atoms with van der Waals surface area (Å²) >= 11 is 0. The van der Waals surface area contributed by atoms with E-state index < -0.39 is 5.97 Å². The molecule has 2 rings (SSSR count). The van der Waals surface area contributed by atoms with Gasteiger partial charge in [-0.1, -0.05) is 0 Å². The van der Waals surface area contributed by atoms with Crippen molar-refractivity contribution in [2.24, 2.45) is 0 Å². The minimum absolute atomic E-state index is 0.353. The Labute approximate surface area is 119 Å². The summed E-state index contributed by atoms with van der Waals surface area (Å²) in [7, 11) is 4.15. The molecular formula is C16H22N2O2. The van der Waals surface area contributed by atoms with E-state index in [0.29, 0.717) is 5.56 Å². The van der Waals surface area contributed by atoms with Gasteiger partial charge >= 0.3 is 5.97 Å². The van der Waals surface area contributed by atoms with Crippen molar-refractivity contribution in [2.75, 3.05) is 20.6 Å². The third-order valence-corrected chi connectivity index (χ3v) is 3.87. The van der Waals surface area contributed by atoms with E-state index >= 15 is 0 Å². The number of aromatic carboxylic acids is 1. The van der Waals surface area contributed by atoms with Gasteiger partial charge in [0.05, 0.1) is 5.56 Å².